The first-order valence-electron chi connectivity index (χ1n) is 17.5. The molecule has 6 heteroatoms. The Morgan fingerprint density at radius 1 is 0.439 bits per heavy atom. The van der Waals surface area contributed by atoms with Gasteiger partial charge in [0.2, 0.25) is 0 Å². The highest BCUT2D eigenvalue weighted by molar-refractivity contribution is 4.88. The van der Waals surface area contributed by atoms with Crippen molar-refractivity contribution in [3.8, 4) is 0 Å². The van der Waals surface area contributed by atoms with Gasteiger partial charge < -0.3 is 28.4 Å². The van der Waals surface area contributed by atoms with E-state index in [1.54, 1.807) is 0 Å². The molecule has 0 saturated heterocycles. The van der Waals surface area contributed by atoms with Crippen molar-refractivity contribution < 1.29 is 28.4 Å². The number of rotatable bonds is 29. The Bertz CT molecular complexity index is 534. The fraction of sp³-hybridized carbons (Fsp3) is 1.00. The third kappa shape index (κ3) is 15.9. The van der Waals surface area contributed by atoms with E-state index < -0.39 is 11.9 Å². The van der Waals surface area contributed by atoms with Crippen LogP contribution in [0.5, 0.6) is 0 Å². The molecule has 248 valence electrons. The second-order valence-electron chi connectivity index (χ2n) is 12.6. The molecule has 0 aliphatic carbocycles. The van der Waals surface area contributed by atoms with Gasteiger partial charge in [-0.25, -0.2) is 0 Å². The molecule has 0 aliphatic rings. The molecule has 0 aromatic carbocycles. The summed E-state index contributed by atoms with van der Waals surface area (Å²) >= 11 is 0. The number of hydrogen-bond acceptors (Lipinski definition) is 6. The van der Waals surface area contributed by atoms with Crippen LogP contribution >= 0.6 is 0 Å². The number of unbranched alkanes of at least 4 members (excludes halogenated alkanes) is 7. The largest absolute Gasteiger partial charge is 0.327 e. The van der Waals surface area contributed by atoms with E-state index in [0.717, 1.165) is 83.5 Å². The van der Waals surface area contributed by atoms with E-state index in [2.05, 4.69) is 34.6 Å². The van der Waals surface area contributed by atoms with Crippen LogP contribution in [-0.2, 0) is 28.4 Å². The second-order valence-corrected chi connectivity index (χ2v) is 12.6. The lowest BCUT2D eigenvalue weighted by Gasteiger charge is -2.48. The van der Waals surface area contributed by atoms with Crippen LogP contribution in [0, 0.1) is 5.41 Å². The highest BCUT2D eigenvalue weighted by Crippen LogP contribution is 2.47. The number of ether oxygens (including phenoxy) is 6. The monoisotopic (exact) mass is 589 g/mol. The summed E-state index contributed by atoms with van der Waals surface area (Å²) in [5.41, 5.74) is -0.168. The van der Waals surface area contributed by atoms with Crippen molar-refractivity contribution in [1.29, 1.82) is 0 Å². The van der Waals surface area contributed by atoms with E-state index in [-0.39, 0.29) is 23.7 Å². The van der Waals surface area contributed by atoms with Gasteiger partial charge in [0.05, 0.1) is 43.5 Å². The van der Waals surface area contributed by atoms with Crippen LogP contribution < -0.4 is 0 Å². The van der Waals surface area contributed by atoms with Crippen molar-refractivity contribution >= 4 is 0 Å². The van der Waals surface area contributed by atoms with Crippen molar-refractivity contribution in [3.63, 3.8) is 0 Å². The molecule has 0 unspecified atom stereocenters. The smallest absolute Gasteiger partial charge is 0.288 e. The molecule has 0 saturated carbocycles. The maximum atomic E-state index is 6.65. The molecule has 0 aromatic rings. The van der Waals surface area contributed by atoms with Gasteiger partial charge in [-0.3, -0.25) is 0 Å². The first-order valence-corrected chi connectivity index (χ1v) is 17.5. The quantitative estimate of drug-likeness (QED) is 0.0640. The van der Waals surface area contributed by atoms with E-state index in [1.807, 2.05) is 41.5 Å². The zero-order valence-electron chi connectivity index (χ0n) is 29.4. The SMILES string of the molecule is CCCCOC(OCCCC)(OCCCC)C(CC)(CC)CCCCCCCC(OC(C)C)(OC(C)C)OC(C)C. The molecule has 41 heavy (non-hydrogen) atoms. The Labute approximate surface area is 256 Å². The van der Waals surface area contributed by atoms with Crippen LogP contribution in [-0.4, -0.2) is 50.1 Å². The van der Waals surface area contributed by atoms with Gasteiger partial charge in [-0.2, -0.15) is 0 Å². The van der Waals surface area contributed by atoms with Crippen molar-refractivity contribution in [2.75, 3.05) is 19.8 Å². The van der Waals surface area contributed by atoms with Crippen LogP contribution in [0.1, 0.15) is 172 Å². The summed E-state index contributed by atoms with van der Waals surface area (Å²) in [7, 11) is 0. The van der Waals surface area contributed by atoms with Crippen LogP contribution in [0.3, 0.4) is 0 Å². The third-order valence-corrected chi connectivity index (χ3v) is 7.76. The second kappa shape index (κ2) is 23.2. The molecule has 0 heterocycles. The summed E-state index contributed by atoms with van der Waals surface area (Å²) in [6.45, 7) is 25.5. The standard InChI is InChI=1S/C35H72O6/c1-12-17-27-36-35(37-28-18-13-2,38-29-19-14-3)33(15-4,16-5)25-23-21-20-22-24-26-34(39-30(6)7,40-31(8)9)41-32(10)11/h30-32H,12-29H2,1-11H3. The van der Waals surface area contributed by atoms with Crippen molar-refractivity contribution in [1.82, 2.24) is 0 Å². The lowest BCUT2D eigenvalue weighted by molar-refractivity contribution is -0.434. The fourth-order valence-corrected chi connectivity index (χ4v) is 5.50. The molecular weight excluding hydrogens is 516 g/mol. The van der Waals surface area contributed by atoms with Gasteiger partial charge in [0.25, 0.3) is 11.9 Å². The summed E-state index contributed by atoms with van der Waals surface area (Å²) in [6.07, 6.45) is 15.7. The fourth-order valence-electron chi connectivity index (χ4n) is 5.50. The zero-order valence-corrected chi connectivity index (χ0v) is 29.4. The number of hydrogen-bond donors (Lipinski definition) is 0. The molecule has 0 amide bonds. The Hall–Kier alpha value is -0.240. The third-order valence-electron chi connectivity index (χ3n) is 7.76. The lowest BCUT2D eigenvalue weighted by Crippen LogP contribution is -2.55. The molecule has 0 rings (SSSR count). The van der Waals surface area contributed by atoms with Crippen LogP contribution in [0.15, 0.2) is 0 Å². The molecular formula is C35H72O6. The van der Waals surface area contributed by atoms with Gasteiger partial charge in [-0.1, -0.05) is 79.6 Å². The van der Waals surface area contributed by atoms with E-state index >= 15 is 0 Å². The van der Waals surface area contributed by atoms with Crippen LogP contribution in [0.2, 0.25) is 0 Å². The van der Waals surface area contributed by atoms with Gasteiger partial charge >= 0.3 is 0 Å². The van der Waals surface area contributed by atoms with Gasteiger partial charge in [0.1, 0.15) is 0 Å². The highest BCUT2D eigenvalue weighted by atomic mass is 16.9. The summed E-state index contributed by atoms with van der Waals surface area (Å²) < 4.78 is 38.7. The lowest BCUT2D eigenvalue weighted by atomic mass is 9.74. The Morgan fingerprint density at radius 2 is 0.780 bits per heavy atom. The van der Waals surface area contributed by atoms with Gasteiger partial charge in [-0.15, -0.1) is 0 Å². The average Bonchev–Trinajstić information content (AvgIpc) is 2.89. The first-order chi connectivity index (χ1) is 19.5. The zero-order chi connectivity index (χ0) is 31.2. The topological polar surface area (TPSA) is 55.4 Å². The van der Waals surface area contributed by atoms with Gasteiger partial charge in [0.15, 0.2) is 0 Å². The normalized spacial score (nSPS) is 13.3. The predicted octanol–water partition coefficient (Wildman–Crippen LogP) is 10.6. The molecule has 0 N–H and O–H groups in total. The Kier molecular flexibility index (Phi) is 23.0. The van der Waals surface area contributed by atoms with E-state index in [4.69, 9.17) is 28.4 Å². The van der Waals surface area contributed by atoms with Gasteiger partial charge in [0, 0.05) is 6.42 Å². The van der Waals surface area contributed by atoms with Crippen molar-refractivity contribution in [2.24, 2.45) is 5.41 Å². The molecule has 6 nitrogen and oxygen atoms in total. The molecule has 0 bridgehead atoms. The Balaban J connectivity index is 5.40. The minimum Gasteiger partial charge on any atom is -0.327 e. The molecule has 0 radical (unpaired) electrons. The summed E-state index contributed by atoms with van der Waals surface area (Å²) in [4.78, 5) is 0. The first kappa shape index (κ1) is 40.8. The van der Waals surface area contributed by atoms with Crippen LogP contribution in [0.4, 0.5) is 0 Å². The minimum atomic E-state index is -0.975. The average molecular weight is 589 g/mol. The van der Waals surface area contributed by atoms with Crippen molar-refractivity contribution in [3.05, 3.63) is 0 Å². The highest BCUT2D eigenvalue weighted by Gasteiger charge is 2.53. The van der Waals surface area contributed by atoms with E-state index in [1.165, 1.54) is 12.8 Å². The summed E-state index contributed by atoms with van der Waals surface area (Å²) in [5, 5.41) is 0. The van der Waals surface area contributed by atoms with Crippen molar-refractivity contribution in [2.45, 2.75) is 203 Å². The molecule has 0 fully saturated rings. The Morgan fingerprint density at radius 3 is 1.10 bits per heavy atom. The van der Waals surface area contributed by atoms with E-state index in [9.17, 15) is 0 Å². The van der Waals surface area contributed by atoms with E-state index in [0.29, 0.717) is 19.8 Å². The maximum absolute atomic E-state index is 6.65. The molecule has 0 aromatic heterocycles. The summed E-state index contributed by atoms with van der Waals surface area (Å²) in [5.74, 6) is -1.94. The maximum Gasteiger partial charge on any atom is 0.288 e. The molecule has 0 atom stereocenters. The summed E-state index contributed by atoms with van der Waals surface area (Å²) in [6, 6.07) is 0. The van der Waals surface area contributed by atoms with Crippen LogP contribution in [0.25, 0.3) is 0 Å². The molecule has 0 aliphatic heterocycles. The molecule has 0 spiro atoms. The predicted molar refractivity (Wildman–Crippen MR) is 172 cm³/mol. The minimum absolute atomic E-state index is 0.0302. The van der Waals surface area contributed by atoms with Gasteiger partial charge in [-0.05, 0) is 86.5 Å².